The third-order valence-corrected chi connectivity index (χ3v) is 1.97. The summed E-state index contributed by atoms with van der Waals surface area (Å²) in [6.45, 7) is 2.48. The SMILES string of the molecule is CC(=O)NC(=Cc1cccc(OC(C)=O)c1)C(=O)O. The number of aliphatic carboxylic acids is 1. The standard InChI is InChI=1S/C13H13NO5/c1-8(15)14-12(13(17)18)7-10-4-3-5-11(6-10)19-9(2)16/h3-7H,1-2H3,(H,14,15)(H,17,18). The van der Waals surface area contributed by atoms with Gasteiger partial charge in [0, 0.05) is 13.8 Å². The number of ether oxygens (including phenoxy) is 1. The van der Waals surface area contributed by atoms with Crippen LogP contribution < -0.4 is 10.1 Å². The van der Waals surface area contributed by atoms with Crippen LogP contribution in [-0.2, 0) is 14.4 Å². The van der Waals surface area contributed by atoms with Crippen LogP contribution >= 0.6 is 0 Å². The Hall–Kier alpha value is -2.63. The molecule has 0 spiro atoms. The van der Waals surface area contributed by atoms with Gasteiger partial charge in [-0.2, -0.15) is 0 Å². The molecule has 6 nitrogen and oxygen atoms in total. The van der Waals surface area contributed by atoms with Crippen LogP contribution in [0.15, 0.2) is 30.0 Å². The summed E-state index contributed by atoms with van der Waals surface area (Å²) in [5.74, 6) is -1.91. The van der Waals surface area contributed by atoms with Gasteiger partial charge in [0.05, 0.1) is 0 Å². The van der Waals surface area contributed by atoms with Crippen molar-refractivity contribution in [1.82, 2.24) is 5.32 Å². The number of hydrogen-bond donors (Lipinski definition) is 2. The number of nitrogens with one attached hydrogen (secondary N) is 1. The molecule has 0 aliphatic heterocycles. The molecule has 0 fully saturated rings. The van der Waals surface area contributed by atoms with Gasteiger partial charge < -0.3 is 15.2 Å². The lowest BCUT2D eigenvalue weighted by Crippen LogP contribution is -2.24. The zero-order valence-electron chi connectivity index (χ0n) is 10.5. The van der Waals surface area contributed by atoms with Crippen molar-refractivity contribution in [1.29, 1.82) is 0 Å². The zero-order chi connectivity index (χ0) is 14.4. The van der Waals surface area contributed by atoms with E-state index in [2.05, 4.69) is 5.32 Å². The van der Waals surface area contributed by atoms with Crippen LogP contribution in [0.4, 0.5) is 0 Å². The maximum absolute atomic E-state index is 10.9. The van der Waals surface area contributed by atoms with Crippen molar-refractivity contribution in [2.24, 2.45) is 0 Å². The zero-order valence-corrected chi connectivity index (χ0v) is 10.5. The van der Waals surface area contributed by atoms with Crippen LogP contribution in [-0.4, -0.2) is 23.0 Å². The van der Waals surface area contributed by atoms with Crippen LogP contribution in [0.2, 0.25) is 0 Å². The van der Waals surface area contributed by atoms with Crippen LogP contribution in [0, 0.1) is 0 Å². The third-order valence-electron chi connectivity index (χ3n) is 1.97. The highest BCUT2D eigenvalue weighted by Crippen LogP contribution is 2.15. The molecular weight excluding hydrogens is 250 g/mol. The number of esters is 1. The molecule has 1 aromatic carbocycles. The summed E-state index contributed by atoms with van der Waals surface area (Å²) in [5.41, 5.74) is 0.234. The van der Waals surface area contributed by atoms with E-state index in [-0.39, 0.29) is 5.70 Å². The molecule has 0 aromatic heterocycles. The van der Waals surface area contributed by atoms with Gasteiger partial charge in [-0.1, -0.05) is 12.1 Å². The van der Waals surface area contributed by atoms with Gasteiger partial charge in [-0.05, 0) is 23.8 Å². The summed E-state index contributed by atoms with van der Waals surface area (Å²) in [6.07, 6.45) is 1.27. The van der Waals surface area contributed by atoms with E-state index in [1.54, 1.807) is 18.2 Å². The lowest BCUT2D eigenvalue weighted by Gasteiger charge is -2.05. The Labute approximate surface area is 109 Å². The molecule has 19 heavy (non-hydrogen) atoms. The Balaban J connectivity index is 3.03. The predicted octanol–water partition coefficient (Wildman–Crippen LogP) is 1.17. The van der Waals surface area contributed by atoms with Gasteiger partial charge in [-0.15, -0.1) is 0 Å². The fourth-order valence-corrected chi connectivity index (χ4v) is 1.34. The van der Waals surface area contributed by atoms with E-state index in [1.807, 2.05) is 0 Å². The molecule has 1 aromatic rings. The molecule has 0 unspecified atom stereocenters. The molecule has 0 saturated carbocycles. The first-order valence-corrected chi connectivity index (χ1v) is 5.39. The first-order valence-electron chi connectivity index (χ1n) is 5.39. The van der Waals surface area contributed by atoms with E-state index in [9.17, 15) is 14.4 Å². The highest BCUT2D eigenvalue weighted by atomic mass is 16.5. The number of carbonyl (C=O) groups is 3. The minimum absolute atomic E-state index is 0.257. The quantitative estimate of drug-likeness (QED) is 0.483. The van der Waals surface area contributed by atoms with E-state index < -0.39 is 17.8 Å². The lowest BCUT2D eigenvalue weighted by atomic mass is 10.2. The second-order valence-electron chi connectivity index (χ2n) is 3.71. The summed E-state index contributed by atoms with van der Waals surface area (Å²) in [4.78, 5) is 32.6. The molecule has 0 radical (unpaired) electrons. The minimum Gasteiger partial charge on any atom is -0.477 e. The van der Waals surface area contributed by atoms with Crippen LogP contribution in [0.5, 0.6) is 5.75 Å². The number of benzene rings is 1. The number of carboxylic acids is 1. The van der Waals surface area contributed by atoms with Crippen molar-refractivity contribution in [3.8, 4) is 5.75 Å². The van der Waals surface area contributed by atoms with Crippen LogP contribution in [0.1, 0.15) is 19.4 Å². The van der Waals surface area contributed by atoms with Gasteiger partial charge in [0.2, 0.25) is 5.91 Å². The molecule has 0 saturated heterocycles. The van der Waals surface area contributed by atoms with Gasteiger partial charge in [0.25, 0.3) is 0 Å². The fourth-order valence-electron chi connectivity index (χ4n) is 1.34. The topological polar surface area (TPSA) is 92.7 Å². The second-order valence-corrected chi connectivity index (χ2v) is 3.71. The van der Waals surface area contributed by atoms with Crippen LogP contribution in [0.3, 0.4) is 0 Å². The summed E-state index contributed by atoms with van der Waals surface area (Å²) in [5, 5.41) is 11.1. The molecule has 0 heterocycles. The van der Waals surface area contributed by atoms with Crippen molar-refractivity contribution >= 4 is 23.9 Å². The van der Waals surface area contributed by atoms with Gasteiger partial charge in [-0.3, -0.25) is 9.59 Å². The molecule has 100 valence electrons. The number of amides is 1. The van der Waals surface area contributed by atoms with Gasteiger partial charge in [-0.25, -0.2) is 4.79 Å². The highest BCUT2D eigenvalue weighted by Gasteiger charge is 2.09. The maximum atomic E-state index is 10.9. The predicted molar refractivity (Wildman–Crippen MR) is 67.2 cm³/mol. The van der Waals surface area contributed by atoms with Gasteiger partial charge in [0.1, 0.15) is 11.4 Å². The fraction of sp³-hybridized carbons (Fsp3) is 0.154. The Morgan fingerprint density at radius 3 is 2.47 bits per heavy atom. The van der Waals surface area contributed by atoms with Crippen LogP contribution in [0.25, 0.3) is 6.08 Å². The summed E-state index contributed by atoms with van der Waals surface area (Å²) < 4.78 is 4.88. The maximum Gasteiger partial charge on any atom is 0.352 e. The van der Waals surface area contributed by atoms with Crippen molar-refractivity contribution in [2.75, 3.05) is 0 Å². The number of rotatable bonds is 4. The average Bonchev–Trinajstić information content (AvgIpc) is 2.26. The van der Waals surface area contributed by atoms with Crippen molar-refractivity contribution in [2.45, 2.75) is 13.8 Å². The Kier molecular flexibility index (Phi) is 4.82. The van der Waals surface area contributed by atoms with E-state index in [0.717, 1.165) is 0 Å². The molecule has 6 heteroatoms. The second kappa shape index (κ2) is 6.34. The lowest BCUT2D eigenvalue weighted by molar-refractivity contribution is -0.134. The molecule has 1 amide bonds. The molecule has 0 aliphatic carbocycles. The molecule has 1 rings (SSSR count). The Morgan fingerprint density at radius 2 is 1.95 bits per heavy atom. The highest BCUT2D eigenvalue weighted by molar-refractivity contribution is 5.96. The van der Waals surface area contributed by atoms with Crippen molar-refractivity contribution in [3.05, 3.63) is 35.5 Å². The third kappa shape index (κ3) is 5.03. The van der Waals surface area contributed by atoms with E-state index >= 15 is 0 Å². The molecular formula is C13H13NO5. The summed E-state index contributed by atoms with van der Waals surface area (Å²) in [6, 6.07) is 6.29. The van der Waals surface area contributed by atoms with Crippen molar-refractivity contribution < 1.29 is 24.2 Å². The van der Waals surface area contributed by atoms with Gasteiger partial charge in [0.15, 0.2) is 0 Å². The monoisotopic (exact) mass is 263 g/mol. The molecule has 0 bridgehead atoms. The molecule has 0 aliphatic rings. The minimum atomic E-state index is -1.26. The Bertz CT molecular complexity index is 548. The number of hydrogen-bond acceptors (Lipinski definition) is 4. The van der Waals surface area contributed by atoms with Gasteiger partial charge >= 0.3 is 11.9 Å². The molecule has 0 atom stereocenters. The van der Waals surface area contributed by atoms with Crippen molar-refractivity contribution in [3.63, 3.8) is 0 Å². The van der Waals surface area contributed by atoms with E-state index in [0.29, 0.717) is 11.3 Å². The summed E-state index contributed by atoms with van der Waals surface area (Å²) >= 11 is 0. The first-order chi connectivity index (χ1) is 8.88. The molecule has 2 N–H and O–H groups in total. The van der Waals surface area contributed by atoms with E-state index in [1.165, 1.54) is 26.0 Å². The number of carboxylic acid groups (broad SMARTS) is 1. The number of carbonyl (C=O) groups excluding carboxylic acids is 2. The van der Waals surface area contributed by atoms with E-state index in [4.69, 9.17) is 9.84 Å². The summed E-state index contributed by atoms with van der Waals surface area (Å²) in [7, 11) is 0. The average molecular weight is 263 g/mol. The smallest absolute Gasteiger partial charge is 0.352 e. The normalized spacial score (nSPS) is 10.7. The Morgan fingerprint density at radius 1 is 1.26 bits per heavy atom. The first kappa shape index (κ1) is 14.4. The largest absolute Gasteiger partial charge is 0.477 e.